The molecule has 0 saturated heterocycles. The highest BCUT2D eigenvalue weighted by atomic mass is 79.9. The van der Waals surface area contributed by atoms with Gasteiger partial charge in [-0.2, -0.15) is 0 Å². The maximum atomic E-state index is 13.4. The van der Waals surface area contributed by atoms with Crippen molar-refractivity contribution in [1.82, 2.24) is 0 Å². The van der Waals surface area contributed by atoms with E-state index in [1.165, 1.54) is 0 Å². The van der Waals surface area contributed by atoms with Crippen LogP contribution in [0.15, 0.2) is 83.3 Å². The lowest BCUT2D eigenvalue weighted by Crippen LogP contribution is -2.41. The third kappa shape index (κ3) is 3.73. The third-order valence-corrected chi connectivity index (χ3v) is 6.00. The van der Waals surface area contributed by atoms with Gasteiger partial charge in [-0.1, -0.05) is 83.5 Å². The van der Waals surface area contributed by atoms with E-state index >= 15 is 0 Å². The molecule has 0 bridgehead atoms. The minimum Gasteiger partial charge on any atom is -0.426 e. The Hall–Kier alpha value is -3.05. The molecule has 0 amide bonds. The van der Waals surface area contributed by atoms with E-state index in [1.807, 2.05) is 12.1 Å². The molecule has 0 unspecified atom stereocenters. The van der Waals surface area contributed by atoms with Crippen LogP contribution in [0.3, 0.4) is 0 Å². The molecule has 4 nitrogen and oxygen atoms in total. The van der Waals surface area contributed by atoms with Crippen LogP contribution in [0.2, 0.25) is 0 Å². The molecule has 0 aliphatic carbocycles. The Balaban J connectivity index is 1.82. The van der Waals surface area contributed by atoms with Gasteiger partial charge in [0, 0.05) is 33.0 Å². The highest BCUT2D eigenvalue weighted by Gasteiger charge is 2.47. The average Bonchev–Trinajstić information content (AvgIpc) is 2.78. The summed E-state index contributed by atoms with van der Waals surface area (Å²) in [5.41, 5.74) is 1.64. The average molecular weight is 463 g/mol. The molecular weight excluding hydrogens is 444 g/mol. The minimum absolute atomic E-state index is 0.118. The Bertz CT molecular complexity index is 1110. The van der Waals surface area contributed by atoms with E-state index in [9.17, 15) is 14.4 Å². The topological polar surface area (TPSA) is 60.4 Å². The number of Topliss-reactive ketones (excluding diaryl/α,β-unsaturated/α-hetero) is 2. The fraction of sp³-hybridized carbons (Fsp3) is 0.160. The molecule has 3 aromatic carbocycles. The summed E-state index contributed by atoms with van der Waals surface area (Å²) in [7, 11) is 0. The summed E-state index contributed by atoms with van der Waals surface area (Å²) in [6.45, 7) is 1.77. The van der Waals surface area contributed by atoms with Crippen LogP contribution in [0.4, 0.5) is 0 Å². The van der Waals surface area contributed by atoms with Crippen LogP contribution in [0.25, 0.3) is 0 Å². The molecule has 4 rings (SSSR count). The number of hydrogen-bond acceptors (Lipinski definition) is 4. The summed E-state index contributed by atoms with van der Waals surface area (Å²) in [5.74, 6) is -3.05. The Morgan fingerprint density at radius 2 is 1.50 bits per heavy atom. The molecule has 0 N–H and O–H groups in total. The first kappa shape index (κ1) is 20.2. The van der Waals surface area contributed by atoms with Gasteiger partial charge in [0.15, 0.2) is 11.6 Å². The monoisotopic (exact) mass is 462 g/mol. The van der Waals surface area contributed by atoms with E-state index in [0.29, 0.717) is 22.4 Å². The molecule has 0 fully saturated rings. The second-order valence-corrected chi connectivity index (χ2v) is 8.27. The zero-order valence-electron chi connectivity index (χ0n) is 16.2. The van der Waals surface area contributed by atoms with Crippen molar-refractivity contribution in [1.29, 1.82) is 0 Å². The normalized spacial score (nSPS) is 18.8. The number of carbonyl (C=O) groups excluding carboxylic acids is 3. The maximum absolute atomic E-state index is 13.4. The van der Waals surface area contributed by atoms with Gasteiger partial charge in [-0.15, -0.1) is 0 Å². The smallest absolute Gasteiger partial charge is 0.322 e. The van der Waals surface area contributed by atoms with E-state index in [-0.39, 0.29) is 11.6 Å². The van der Waals surface area contributed by atoms with Crippen molar-refractivity contribution in [2.45, 2.75) is 12.8 Å². The Morgan fingerprint density at radius 1 is 0.900 bits per heavy atom. The lowest BCUT2D eigenvalue weighted by atomic mass is 9.71. The van der Waals surface area contributed by atoms with Gasteiger partial charge in [0.2, 0.25) is 0 Å². The summed E-state index contributed by atoms with van der Waals surface area (Å²) in [4.78, 5) is 39.6. The van der Waals surface area contributed by atoms with Gasteiger partial charge in [-0.05, 0) is 18.2 Å². The van der Waals surface area contributed by atoms with E-state index in [1.54, 1.807) is 73.7 Å². The predicted octanol–water partition coefficient (Wildman–Crippen LogP) is 5.47. The van der Waals surface area contributed by atoms with E-state index in [4.69, 9.17) is 4.74 Å². The van der Waals surface area contributed by atoms with Gasteiger partial charge >= 0.3 is 5.97 Å². The molecule has 30 heavy (non-hydrogen) atoms. The number of fused-ring (bicyclic) bond motifs is 1. The SMILES string of the molecule is C[C@H](C(=O)c1ccccc1)[C@H]1c2cc(Br)ccc2OC(=O)[C@H]1C(=O)c1ccccc1. The molecule has 1 aliphatic heterocycles. The van der Waals surface area contributed by atoms with Gasteiger partial charge in [0.05, 0.1) is 0 Å². The first-order chi connectivity index (χ1) is 14.5. The minimum atomic E-state index is -1.10. The van der Waals surface area contributed by atoms with Crippen LogP contribution in [0.5, 0.6) is 5.75 Å². The van der Waals surface area contributed by atoms with Crippen molar-refractivity contribution >= 4 is 33.5 Å². The molecule has 1 heterocycles. The second-order valence-electron chi connectivity index (χ2n) is 7.36. The zero-order valence-corrected chi connectivity index (χ0v) is 17.8. The van der Waals surface area contributed by atoms with Gasteiger partial charge in [0.25, 0.3) is 0 Å². The lowest BCUT2D eigenvalue weighted by Gasteiger charge is -2.34. The number of ether oxygens (including phenoxy) is 1. The van der Waals surface area contributed by atoms with Crippen LogP contribution in [0, 0.1) is 11.8 Å². The fourth-order valence-corrected chi connectivity index (χ4v) is 4.39. The van der Waals surface area contributed by atoms with Crippen molar-refractivity contribution in [3.05, 3.63) is 100 Å². The zero-order chi connectivity index (χ0) is 21.3. The standard InChI is InChI=1S/C25H19BrO4/c1-15(23(27)16-8-4-2-5-9-16)21-19-14-18(26)12-13-20(19)30-25(29)22(21)24(28)17-10-6-3-7-11-17/h2-15,21-22H,1H3/t15-,21-,22+/m0/s1. The summed E-state index contributed by atoms with van der Waals surface area (Å²) in [6, 6.07) is 22.9. The van der Waals surface area contributed by atoms with Crippen molar-refractivity contribution in [3.63, 3.8) is 0 Å². The number of halogens is 1. The maximum Gasteiger partial charge on any atom is 0.322 e. The van der Waals surface area contributed by atoms with Crippen molar-refractivity contribution in [3.8, 4) is 5.75 Å². The van der Waals surface area contributed by atoms with Crippen LogP contribution in [-0.4, -0.2) is 17.5 Å². The number of carbonyl (C=O) groups is 3. The quantitative estimate of drug-likeness (QED) is 0.218. The lowest BCUT2D eigenvalue weighted by molar-refractivity contribution is -0.139. The van der Waals surface area contributed by atoms with E-state index in [0.717, 1.165) is 4.47 Å². The van der Waals surface area contributed by atoms with E-state index < -0.39 is 23.7 Å². The number of hydrogen-bond donors (Lipinski definition) is 0. The molecule has 0 aromatic heterocycles. The van der Waals surface area contributed by atoms with E-state index in [2.05, 4.69) is 15.9 Å². The van der Waals surface area contributed by atoms with Crippen LogP contribution in [0.1, 0.15) is 39.1 Å². The summed E-state index contributed by atoms with van der Waals surface area (Å²) < 4.78 is 6.30. The Kier molecular flexibility index (Phi) is 5.64. The summed E-state index contributed by atoms with van der Waals surface area (Å²) in [5, 5.41) is 0. The summed E-state index contributed by atoms with van der Waals surface area (Å²) >= 11 is 3.46. The highest BCUT2D eigenvalue weighted by Crippen LogP contribution is 2.45. The van der Waals surface area contributed by atoms with Gasteiger partial charge in [-0.25, -0.2) is 0 Å². The molecule has 0 radical (unpaired) electrons. The molecule has 1 aliphatic rings. The Morgan fingerprint density at radius 3 is 2.13 bits per heavy atom. The predicted molar refractivity (Wildman–Crippen MR) is 117 cm³/mol. The number of benzene rings is 3. The largest absolute Gasteiger partial charge is 0.426 e. The van der Waals surface area contributed by atoms with Gasteiger partial charge in [0.1, 0.15) is 11.7 Å². The molecule has 0 spiro atoms. The highest BCUT2D eigenvalue weighted by molar-refractivity contribution is 9.10. The van der Waals surface area contributed by atoms with Crippen LogP contribution >= 0.6 is 15.9 Å². The van der Waals surface area contributed by atoms with Crippen molar-refractivity contribution in [2.75, 3.05) is 0 Å². The third-order valence-electron chi connectivity index (χ3n) is 5.51. The first-order valence-electron chi connectivity index (χ1n) is 9.67. The first-order valence-corrected chi connectivity index (χ1v) is 10.5. The van der Waals surface area contributed by atoms with Crippen molar-refractivity contribution < 1.29 is 19.1 Å². The molecular formula is C25H19BrO4. The molecule has 3 atom stereocenters. The number of rotatable bonds is 5. The second kappa shape index (κ2) is 8.36. The van der Waals surface area contributed by atoms with Gasteiger partial charge in [-0.3, -0.25) is 14.4 Å². The number of ketones is 2. The molecule has 3 aromatic rings. The van der Waals surface area contributed by atoms with Crippen LogP contribution in [-0.2, 0) is 4.79 Å². The molecule has 150 valence electrons. The molecule has 0 saturated carbocycles. The van der Waals surface area contributed by atoms with Gasteiger partial charge < -0.3 is 4.74 Å². The number of esters is 1. The van der Waals surface area contributed by atoms with Crippen molar-refractivity contribution in [2.24, 2.45) is 11.8 Å². The molecule has 5 heteroatoms. The summed E-state index contributed by atoms with van der Waals surface area (Å²) in [6.07, 6.45) is 0. The Labute approximate surface area is 183 Å². The van der Waals surface area contributed by atoms with Crippen LogP contribution < -0.4 is 4.74 Å². The fourth-order valence-electron chi connectivity index (χ4n) is 4.01.